The van der Waals surface area contributed by atoms with E-state index in [0.29, 0.717) is 0 Å². The van der Waals surface area contributed by atoms with Crippen LogP contribution in [-0.2, 0) is 17.5 Å². The SMILES string of the molecule is COc1ccc2cc([C@H](C)C(=O)N(C)Cc3ccccc3C(F)(F)F)ccc2c1. The van der Waals surface area contributed by atoms with Crippen molar-refractivity contribution in [2.24, 2.45) is 0 Å². The van der Waals surface area contributed by atoms with Crippen LogP contribution in [0.25, 0.3) is 10.8 Å². The fourth-order valence-corrected chi connectivity index (χ4v) is 3.38. The van der Waals surface area contributed by atoms with Crippen LogP contribution in [0.4, 0.5) is 13.2 Å². The Hall–Kier alpha value is -3.02. The highest BCUT2D eigenvalue weighted by atomic mass is 19.4. The van der Waals surface area contributed by atoms with Gasteiger partial charge in [0.2, 0.25) is 5.91 Å². The molecule has 0 fully saturated rings. The minimum Gasteiger partial charge on any atom is -0.497 e. The molecule has 0 aliphatic rings. The summed E-state index contributed by atoms with van der Waals surface area (Å²) in [5.74, 6) is 0.0248. The molecule has 0 aromatic heterocycles. The predicted molar refractivity (Wildman–Crippen MR) is 107 cm³/mol. The van der Waals surface area contributed by atoms with Gasteiger partial charge in [0.1, 0.15) is 5.75 Å². The molecular weight excluding hydrogens is 379 g/mol. The van der Waals surface area contributed by atoms with Crippen LogP contribution in [0.15, 0.2) is 60.7 Å². The van der Waals surface area contributed by atoms with Crippen LogP contribution < -0.4 is 4.74 Å². The Morgan fingerprint density at radius 1 is 1.03 bits per heavy atom. The number of methoxy groups -OCH3 is 1. The van der Waals surface area contributed by atoms with E-state index < -0.39 is 17.7 Å². The van der Waals surface area contributed by atoms with Gasteiger partial charge in [-0.15, -0.1) is 0 Å². The molecule has 0 saturated carbocycles. The van der Waals surface area contributed by atoms with Gasteiger partial charge >= 0.3 is 6.18 Å². The summed E-state index contributed by atoms with van der Waals surface area (Å²) in [4.78, 5) is 14.2. The summed E-state index contributed by atoms with van der Waals surface area (Å²) in [5, 5.41) is 1.95. The maximum absolute atomic E-state index is 13.2. The molecule has 29 heavy (non-hydrogen) atoms. The molecule has 1 atom stereocenters. The Labute approximate surface area is 167 Å². The topological polar surface area (TPSA) is 29.5 Å². The molecule has 3 aromatic rings. The second-order valence-corrected chi connectivity index (χ2v) is 7.04. The lowest BCUT2D eigenvalue weighted by molar-refractivity contribution is -0.139. The standard InChI is InChI=1S/C23H22F3NO2/c1-15(16-8-9-18-13-20(29-3)11-10-17(18)12-16)22(28)27(2)14-19-6-4-5-7-21(19)23(24,25)26/h4-13,15H,14H2,1-3H3/t15-/m0/s1. The molecule has 0 aliphatic carbocycles. The van der Waals surface area contributed by atoms with E-state index >= 15 is 0 Å². The number of ether oxygens (including phenoxy) is 1. The molecule has 0 bridgehead atoms. The number of hydrogen-bond donors (Lipinski definition) is 0. The van der Waals surface area contributed by atoms with Crippen molar-refractivity contribution in [3.63, 3.8) is 0 Å². The highest BCUT2D eigenvalue weighted by Crippen LogP contribution is 2.33. The van der Waals surface area contributed by atoms with Crippen LogP contribution >= 0.6 is 0 Å². The van der Waals surface area contributed by atoms with E-state index in [1.807, 2.05) is 36.4 Å². The van der Waals surface area contributed by atoms with Gasteiger partial charge in [-0.3, -0.25) is 4.79 Å². The van der Waals surface area contributed by atoms with Crippen LogP contribution in [0, 0.1) is 0 Å². The first kappa shape index (κ1) is 20.7. The number of rotatable bonds is 5. The fraction of sp³-hybridized carbons (Fsp3) is 0.261. The number of carbonyl (C=O) groups excluding carboxylic acids is 1. The van der Waals surface area contributed by atoms with E-state index in [-0.39, 0.29) is 18.0 Å². The van der Waals surface area contributed by atoms with E-state index in [9.17, 15) is 18.0 Å². The van der Waals surface area contributed by atoms with Crippen molar-refractivity contribution >= 4 is 16.7 Å². The monoisotopic (exact) mass is 401 g/mol. The average molecular weight is 401 g/mol. The van der Waals surface area contributed by atoms with Gasteiger partial charge in [-0.1, -0.05) is 42.5 Å². The molecule has 0 aliphatic heterocycles. The van der Waals surface area contributed by atoms with Crippen LogP contribution in [0.5, 0.6) is 5.75 Å². The van der Waals surface area contributed by atoms with E-state index in [4.69, 9.17) is 4.74 Å². The number of fused-ring (bicyclic) bond motifs is 1. The zero-order valence-corrected chi connectivity index (χ0v) is 16.5. The largest absolute Gasteiger partial charge is 0.497 e. The second kappa shape index (κ2) is 8.15. The first-order valence-electron chi connectivity index (χ1n) is 9.18. The highest BCUT2D eigenvalue weighted by Gasteiger charge is 2.33. The Kier molecular flexibility index (Phi) is 5.82. The van der Waals surface area contributed by atoms with E-state index in [1.165, 1.54) is 24.1 Å². The normalized spacial score (nSPS) is 12.6. The minimum atomic E-state index is -4.45. The summed E-state index contributed by atoms with van der Waals surface area (Å²) in [6.07, 6.45) is -4.45. The molecule has 152 valence electrons. The first-order valence-corrected chi connectivity index (χ1v) is 9.18. The number of benzene rings is 3. The van der Waals surface area contributed by atoms with E-state index in [0.717, 1.165) is 28.2 Å². The third kappa shape index (κ3) is 4.53. The lowest BCUT2D eigenvalue weighted by Gasteiger charge is -2.23. The molecule has 0 radical (unpaired) electrons. The predicted octanol–water partition coefficient (Wildman–Crippen LogP) is 5.63. The van der Waals surface area contributed by atoms with Gasteiger partial charge in [0, 0.05) is 13.6 Å². The van der Waals surface area contributed by atoms with Crippen LogP contribution in [0.2, 0.25) is 0 Å². The van der Waals surface area contributed by atoms with Gasteiger partial charge in [-0.2, -0.15) is 13.2 Å². The fourth-order valence-electron chi connectivity index (χ4n) is 3.38. The summed E-state index contributed by atoms with van der Waals surface area (Å²) in [6.45, 7) is 1.66. The number of halogens is 3. The zero-order valence-electron chi connectivity index (χ0n) is 16.5. The lowest BCUT2D eigenvalue weighted by Crippen LogP contribution is -2.31. The van der Waals surface area contributed by atoms with Gasteiger partial charge in [0.15, 0.2) is 0 Å². The van der Waals surface area contributed by atoms with Crippen LogP contribution in [-0.4, -0.2) is 25.0 Å². The summed E-state index contributed by atoms with van der Waals surface area (Å²) >= 11 is 0. The Morgan fingerprint density at radius 2 is 1.69 bits per heavy atom. The highest BCUT2D eigenvalue weighted by molar-refractivity contribution is 5.88. The molecule has 0 saturated heterocycles. The van der Waals surface area contributed by atoms with Crippen molar-refractivity contribution in [1.82, 2.24) is 4.90 Å². The van der Waals surface area contributed by atoms with Crippen molar-refractivity contribution in [2.75, 3.05) is 14.2 Å². The van der Waals surface area contributed by atoms with Crippen LogP contribution in [0.3, 0.4) is 0 Å². The molecule has 1 amide bonds. The Bertz CT molecular complexity index is 1030. The van der Waals surface area contributed by atoms with Gasteiger partial charge in [0.25, 0.3) is 0 Å². The first-order chi connectivity index (χ1) is 13.7. The third-order valence-electron chi connectivity index (χ3n) is 5.05. The summed E-state index contributed by atoms with van der Waals surface area (Å²) in [7, 11) is 3.13. The van der Waals surface area contributed by atoms with Gasteiger partial charge in [0.05, 0.1) is 18.6 Å². The number of likely N-dealkylation sites (N-methyl/N-ethyl adjacent to an activating group) is 1. The van der Waals surface area contributed by atoms with Gasteiger partial charge in [-0.05, 0) is 47.0 Å². The Morgan fingerprint density at radius 3 is 2.38 bits per heavy atom. The van der Waals surface area contributed by atoms with Gasteiger partial charge < -0.3 is 9.64 Å². The van der Waals surface area contributed by atoms with E-state index in [1.54, 1.807) is 20.1 Å². The van der Waals surface area contributed by atoms with Crippen LogP contribution in [0.1, 0.15) is 29.5 Å². The quantitative estimate of drug-likeness (QED) is 0.555. The third-order valence-corrected chi connectivity index (χ3v) is 5.05. The molecule has 3 nitrogen and oxygen atoms in total. The van der Waals surface area contributed by atoms with E-state index in [2.05, 4.69) is 0 Å². The van der Waals surface area contributed by atoms with Crippen molar-refractivity contribution in [3.05, 3.63) is 77.4 Å². The van der Waals surface area contributed by atoms with Crippen molar-refractivity contribution < 1.29 is 22.7 Å². The number of carbonyl (C=O) groups is 1. The summed E-state index contributed by atoms with van der Waals surface area (Å²) in [5.41, 5.74) is 0.171. The number of alkyl halides is 3. The lowest BCUT2D eigenvalue weighted by atomic mass is 9.96. The molecule has 0 spiro atoms. The molecule has 3 rings (SSSR count). The summed E-state index contributed by atoms with van der Waals surface area (Å²) < 4.78 is 44.9. The number of nitrogens with zero attached hydrogens (tertiary/aromatic N) is 1. The maximum Gasteiger partial charge on any atom is 0.416 e. The average Bonchev–Trinajstić information content (AvgIpc) is 2.71. The number of amides is 1. The molecule has 3 aromatic carbocycles. The zero-order chi connectivity index (χ0) is 21.2. The molecule has 6 heteroatoms. The second-order valence-electron chi connectivity index (χ2n) is 7.04. The van der Waals surface area contributed by atoms with Gasteiger partial charge in [-0.25, -0.2) is 0 Å². The summed E-state index contributed by atoms with van der Waals surface area (Å²) in [6, 6.07) is 16.7. The molecule has 0 heterocycles. The van der Waals surface area contributed by atoms with Crippen molar-refractivity contribution in [1.29, 1.82) is 0 Å². The molecule has 0 unspecified atom stereocenters. The Balaban J connectivity index is 1.80. The minimum absolute atomic E-state index is 0.0775. The maximum atomic E-state index is 13.2. The number of hydrogen-bond acceptors (Lipinski definition) is 2. The molecule has 0 N–H and O–H groups in total. The molecular formula is C23H22F3NO2. The smallest absolute Gasteiger partial charge is 0.416 e. The van der Waals surface area contributed by atoms with Crippen molar-refractivity contribution in [2.45, 2.75) is 25.6 Å². The van der Waals surface area contributed by atoms with Crippen molar-refractivity contribution in [3.8, 4) is 5.75 Å².